The summed E-state index contributed by atoms with van der Waals surface area (Å²) >= 11 is 0. The van der Waals surface area contributed by atoms with E-state index in [9.17, 15) is 0 Å². The summed E-state index contributed by atoms with van der Waals surface area (Å²) in [7, 11) is 2.04. The van der Waals surface area contributed by atoms with Crippen LogP contribution in [0.2, 0.25) is 0 Å². The minimum Gasteiger partial charge on any atom is -0.392 e. The van der Waals surface area contributed by atoms with Crippen LogP contribution in [0.25, 0.3) is 0 Å². The lowest BCUT2D eigenvalue weighted by molar-refractivity contribution is 0.280. The van der Waals surface area contributed by atoms with Crippen molar-refractivity contribution in [2.24, 2.45) is 0 Å². The summed E-state index contributed by atoms with van der Waals surface area (Å²) in [5.41, 5.74) is 3.12. The van der Waals surface area contributed by atoms with Crippen LogP contribution in [0.4, 0.5) is 5.82 Å². The molecule has 0 radical (unpaired) electrons. The second-order valence-corrected chi connectivity index (χ2v) is 4.73. The lowest BCUT2D eigenvalue weighted by Crippen LogP contribution is -2.21. The Kier molecular flexibility index (Phi) is 4.53. The monoisotopic (exact) mass is 256 g/mol. The predicted molar refractivity (Wildman–Crippen MR) is 78.3 cm³/mol. The standard InChI is InChI=1S/C16H20N2O/c1-13-15(12-19)8-9-16(17-13)18(2)11-10-14-6-4-3-5-7-14/h3-9,19H,10-12H2,1-2H3. The summed E-state index contributed by atoms with van der Waals surface area (Å²) in [6.45, 7) is 2.90. The zero-order valence-corrected chi connectivity index (χ0v) is 11.5. The molecule has 0 amide bonds. The first-order valence-corrected chi connectivity index (χ1v) is 6.53. The molecule has 0 aliphatic carbocycles. The van der Waals surface area contributed by atoms with E-state index in [1.165, 1.54) is 5.56 Å². The number of benzene rings is 1. The average Bonchev–Trinajstić information content (AvgIpc) is 2.45. The zero-order chi connectivity index (χ0) is 13.7. The Hall–Kier alpha value is -1.87. The molecule has 1 heterocycles. The first kappa shape index (κ1) is 13.6. The van der Waals surface area contributed by atoms with Crippen molar-refractivity contribution < 1.29 is 5.11 Å². The molecule has 0 atom stereocenters. The topological polar surface area (TPSA) is 36.4 Å². The van der Waals surface area contributed by atoms with Crippen molar-refractivity contribution in [1.82, 2.24) is 4.98 Å². The molecular formula is C16H20N2O. The lowest BCUT2D eigenvalue weighted by atomic mass is 10.1. The molecule has 19 heavy (non-hydrogen) atoms. The van der Waals surface area contributed by atoms with E-state index in [2.05, 4.69) is 34.1 Å². The molecule has 0 saturated heterocycles. The number of aromatic nitrogens is 1. The lowest BCUT2D eigenvalue weighted by Gasteiger charge is -2.19. The average molecular weight is 256 g/mol. The maximum Gasteiger partial charge on any atom is 0.128 e. The molecule has 0 aliphatic heterocycles. The highest BCUT2D eigenvalue weighted by molar-refractivity contribution is 5.41. The van der Waals surface area contributed by atoms with Crippen LogP contribution < -0.4 is 4.90 Å². The Morgan fingerprint density at radius 1 is 1.11 bits per heavy atom. The van der Waals surface area contributed by atoms with Gasteiger partial charge in [0.1, 0.15) is 5.82 Å². The highest BCUT2D eigenvalue weighted by Crippen LogP contribution is 2.14. The van der Waals surface area contributed by atoms with E-state index in [1.54, 1.807) is 0 Å². The van der Waals surface area contributed by atoms with Crippen molar-refractivity contribution in [2.45, 2.75) is 20.0 Å². The Balaban J connectivity index is 2.00. The van der Waals surface area contributed by atoms with Crippen LogP contribution in [0.3, 0.4) is 0 Å². The van der Waals surface area contributed by atoms with Crippen LogP contribution in [0.15, 0.2) is 42.5 Å². The van der Waals surface area contributed by atoms with Gasteiger partial charge in [0.2, 0.25) is 0 Å². The van der Waals surface area contributed by atoms with E-state index >= 15 is 0 Å². The van der Waals surface area contributed by atoms with Gasteiger partial charge in [-0.15, -0.1) is 0 Å². The van der Waals surface area contributed by atoms with Gasteiger partial charge in [-0.05, 0) is 30.5 Å². The number of hydrogen-bond acceptors (Lipinski definition) is 3. The third kappa shape index (κ3) is 3.55. The third-order valence-electron chi connectivity index (χ3n) is 3.32. The van der Waals surface area contributed by atoms with E-state index in [0.717, 1.165) is 30.0 Å². The van der Waals surface area contributed by atoms with Crippen LogP contribution in [0.1, 0.15) is 16.8 Å². The van der Waals surface area contributed by atoms with Crippen molar-refractivity contribution in [3.63, 3.8) is 0 Å². The van der Waals surface area contributed by atoms with E-state index in [4.69, 9.17) is 5.11 Å². The molecule has 3 nitrogen and oxygen atoms in total. The highest BCUT2D eigenvalue weighted by atomic mass is 16.3. The molecule has 0 saturated carbocycles. The number of rotatable bonds is 5. The van der Waals surface area contributed by atoms with Crippen LogP contribution in [0.5, 0.6) is 0 Å². The van der Waals surface area contributed by atoms with E-state index in [0.29, 0.717) is 0 Å². The normalized spacial score (nSPS) is 10.5. The molecule has 0 unspecified atom stereocenters. The van der Waals surface area contributed by atoms with Gasteiger partial charge in [0.15, 0.2) is 0 Å². The van der Waals surface area contributed by atoms with Crippen molar-refractivity contribution in [2.75, 3.05) is 18.5 Å². The number of nitrogens with zero attached hydrogens (tertiary/aromatic N) is 2. The molecule has 1 aromatic carbocycles. The molecule has 1 N–H and O–H groups in total. The molecule has 2 rings (SSSR count). The van der Waals surface area contributed by atoms with E-state index in [-0.39, 0.29) is 6.61 Å². The molecule has 3 heteroatoms. The van der Waals surface area contributed by atoms with Gasteiger partial charge in [0.25, 0.3) is 0 Å². The van der Waals surface area contributed by atoms with Crippen LogP contribution in [0, 0.1) is 6.92 Å². The summed E-state index contributed by atoms with van der Waals surface area (Å²) in [6, 6.07) is 14.3. The van der Waals surface area contributed by atoms with Gasteiger partial charge in [-0.1, -0.05) is 36.4 Å². The van der Waals surface area contributed by atoms with Gasteiger partial charge >= 0.3 is 0 Å². The maximum atomic E-state index is 9.15. The van der Waals surface area contributed by atoms with Gasteiger partial charge in [-0.3, -0.25) is 0 Å². The molecule has 2 aromatic rings. The number of aryl methyl sites for hydroxylation is 1. The maximum absolute atomic E-state index is 9.15. The third-order valence-corrected chi connectivity index (χ3v) is 3.32. The molecule has 0 fully saturated rings. The molecule has 0 aliphatic rings. The van der Waals surface area contributed by atoms with Crippen molar-refractivity contribution in [3.8, 4) is 0 Å². The summed E-state index contributed by atoms with van der Waals surface area (Å²) < 4.78 is 0. The van der Waals surface area contributed by atoms with Gasteiger partial charge in [0, 0.05) is 19.3 Å². The van der Waals surface area contributed by atoms with Gasteiger partial charge < -0.3 is 10.0 Å². The molecular weight excluding hydrogens is 236 g/mol. The number of likely N-dealkylation sites (N-methyl/N-ethyl adjacent to an activating group) is 1. The zero-order valence-electron chi connectivity index (χ0n) is 11.5. The number of aliphatic hydroxyl groups is 1. The number of pyridine rings is 1. The van der Waals surface area contributed by atoms with Crippen molar-refractivity contribution >= 4 is 5.82 Å². The van der Waals surface area contributed by atoms with Crippen LogP contribution >= 0.6 is 0 Å². The van der Waals surface area contributed by atoms with Gasteiger partial charge in [-0.25, -0.2) is 4.98 Å². The van der Waals surface area contributed by atoms with Crippen LogP contribution in [-0.2, 0) is 13.0 Å². The smallest absolute Gasteiger partial charge is 0.128 e. The SMILES string of the molecule is Cc1nc(N(C)CCc2ccccc2)ccc1CO. The molecule has 0 spiro atoms. The molecule has 0 bridgehead atoms. The summed E-state index contributed by atoms with van der Waals surface area (Å²) in [6.07, 6.45) is 1.000. The number of anilines is 1. The second-order valence-electron chi connectivity index (χ2n) is 4.73. The Labute approximate surface area is 114 Å². The predicted octanol–water partition coefficient (Wildman–Crippen LogP) is 2.56. The molecule has 1 aromatic heterocycles. The number of hydrogen-bond donors (Lipinski definition) is 1. The fraction of sp³-hybridized carbons (Fsp3) is 0.312. The summed E-state index contributed by atoms with van der Waals surface area (Å²) in [5, 5.41) is 9.15. The fourth-order valence-corrected chi connectivity index (χ4v) is 2.01. The highest BCUT2D eigenvalue weighted by Gasteiger charge is 2.05. The van der Waals surface area contributed by atoms with E-state index < -0.39 is 0 Å². The van der Waals surface area contributed by atoms with Crippen molar-refractivity contribution in [1.29, 1.82) is 0 Å². The van der Waals surface area contributed by atoms with E-state index in [1.807, 2.05) is 32.2 Å². The van der Waals surface area contributed by atoms with Crippen LogP contribution in [-0.4, -0.2) is 23.7 Å². The quantitative estimate of drug-likeness (QED) is 0.893. The largest absolute Gasteiger partial charge is 0.392 e. The first-order chi connectivity index (χ1) is 9.20. The second kappa shape index (κ2) is 6.34. The molecule has 100 valence electrons. The minimum absolute atomic E-state index is 0.0485. The van der Waals surface area contributed by atoms with Crippen molar-refractivity contribution in [3.05, 3.63) is 59.3 Å². The summed E-state index contributed by atoms with van der Waals surface area (Å²) in [4.78, 5) is 6.66. The Morgan fingerprint density at radius 3 is 2.47 bits per heavy atom. The number of aliphatic hydroxyl groups excluding tert-OH is 1. The Bertz CT molecular complexity index is 526. The summed E-state index contributed by atoms with van der Waals surface area (Å²) in [5.74, 6) is 0.950. The van der Waals surface area contributed by atoms with Gasteiger partial charge in [-0.2, -0.15) is 0 Å². The van der Waals surface area contributed by atoms with Gasteiger partial charge in [0.05, 0.1) is 6.61 Å². The first-order valence-electron chi connectivity index (χ1n) is 6.53. The Morgan fingerprint density at radius 2 is 1.84 bits per heavy atom. The fourth-order valence-electron chi connectivity index (χ4n) is 2.01. The minimum atomic E-state index is 0.0485.